The van der Waals surface area contributed by atoms with Gasteiger partial charge in [0.1, 0.15) is 5.75 Å². The van der Waals surface area contributed by atoms with Gasteiger partial charge in [-0.2, -0.15) is 0 Å². The molecule has 2 rings (SSSR count). The first-order valence-electron chi connectivity index (χ1n) is 6.74. The van der Waals surface area contributed by atoms with E-state index in [1.54, 1.807) is 50.4 Å². The molecule has 1 amide bonds. The van der Waals surface area contributed by atoms with E-state index >= 15 is 0 Å². The minimum absolute atomic E-state index is 0.0389. The lowest BCUT2D eigenvalue weighted by atomic mass is 9.89. The van der Waals surface area contributed by atoms with Gasteiger partial charge in [0, 0.05) is 29.7 Å². The summed E-state index contributed by atoms with van der Waals surface area (Å²) in [6.07, 6.45) is 0. The van der Waals surface area contributed by atoms with Crippen LogP contribution in [0.1, 0.15) is 17.0 Å². The number of benzene rings is 2. The first-order chi connectivity index (χ1) is 10.4. The van der Waals surface area contributed by atoms with Gasteiger partial charge in [-0.15, -0.1) is 0 Å². The highest BCUT2D eigenvalue weighted by atomic mass is 35.5. The van der Waals surface area contributed by atoms with Gasteiger partial charge in [-0.05, 0) is 29.8 Å². The molecule has 0 heterocycles. The van der Waals surface area contributed by atoms with Gasteiger partial charge in [0.15, 0.2) is 0 Å². The van der Waals surface area contributed by atoms with Gasteiger partial charge >= 0.3 is 0 Å². The molecule has 0 aliphatic rings. The van der Waals surface area contributed by atoms with Crippen molar-refractivity contribution in [2.75, 3.05) is 21.2 Å². The predicted molar refractivity (Wildman–Crippen MR) is 90.0 cm³/mol. The highest BCUT2D eigenvalue weighted by Crippen LogP contribution is 2.35. The van der Waals surface area contributed by atoms with Crippen molar-refractivity contribution in [2.24, 2.45) is 0 Å². The lowest BCUT2D eigenvalue weighted by molar-refractivity contribution is -0.129. The molecule has 2 aromatic rings. The van der Waals surface area contributed by atoms with E-state index in [9.17, 15) is 4.79 Å². The van der Waals surface area contributed by atoms with Crippen LogP contribution in [0.25, 0.3) is 0 Å². The van der Waals surface area contributed by atoms with Gasteiger partial charge in [-0.1, -0.05) is 41.4 Å². The third-order valence-corrected chi connectivity index (χ3v) is 3.88. The zero-order valence-corrected chi connectivity index (χ0v) is 14.2. The lowest BCUT2D eigenvalue weighted by Crippen LogP contribution is -2.29. The smallest absolute Gasteiger partial charge is 0.234 e. The summed E-state index contributed by atoms with van der Waals surface area (Å²) in [4.78, 5) is 14.2. The second kappa shape index (κ2) is 7.03. The number of amides is 1. The van der Waals surface area contributed by atoms with Gasteiger partial charge in [-0.3, -0.25) is 4.79 Å². The van der Waals surface area contributed by atoms with Gasteiger partial charge < -0.3 is 9.64 Å². The minimum Gasteiger partial charge on any atom is -0.496 e. The van der Waals surface area contributed by atoms with Crippen molar-refractivity contribution < 1.29 is 9.53 Å². The summed E-state index contributed by atoms with van der Waals surface area (Å²) in [5, 5.41) is 1.19. The fraction of sp³-hybridized carbons (Fsp3) is 0.235. The van der Waals surface area contributed by atoms with Crippen molar-refractivity contribution in [3.05, 3.63) is 63.6 Å². The normalized spacial score (nSPS) is 11.9. The van der Waals surface area contributed by atoms with E-state index in [2.05, 4.69) is 0 Å². The second-order valence-electron chi connectivity index (χ2n) is 5.10. The van der Waals surface area contributed by atoms with Crippen LogP contribution in [0.2, 0.25) is 10.0 Å². The summed E-state index contributed by atoms with van der Waals surface area (Å²) < 4.78 is 5.40. The molecule has 0 radical (unpaired) electrons. The zero-order valence-electron chi connectivity index (χ0n) is 12.6. The van der Waals surface area contributed by atoms with Gasteiger partial charge in [0.05, 0.1) is 13.0 Å². The van der Waals surface area contributed by atoms with E-state index in [0.29, 0.717) is 15.8 Å². The van der Waals surface area contributed by atoms with Crippen LogP contribution in [-0.4, -0.2) is 32.0 Å². The Labute approximate surface area is 140 Å². The molecule has 0 aliphatic carbocycles. The van der Waals surface area contributed by atoms with E-state index in [-0.39, 0.29) is 5.91 Å². The molecule has 22 heavy (non-hydrogen) atoms. The molecular weight excluding hydrogens is 321 g/mol. The molecule has 0 aliphatic heterocycles. The molecule has 0 spiro atoms. The maximum atomic E-state index is 12.7. The van der Waals surface area contributed by atoms with Crippen LogP contribution in [0.4, 0.5) is 0 Å². The summed E-state index contributed by atoms with van der Waals surface area (Å²) in [5.41, 5.74) is 1.62. The largest absolute Gasteiger partial charge is 0.496 e. The Hall–Kier alpha value is -1.71. The van der Waals surface area contributed by atoms with Crippen molar-refractivity contribution in [3.63, 3.8) is 0 Å². The molecule has 1 atom stereocenters. The van der Waals surface area contributed by atoms with E-state index in [0.717, 1.165) is 11.1 Å². The van der Waals surface area contributed by atoms with E-state index in [4.69, 9.17) is 27.9 Å². The molecule has 3 nitrogen and oxygen atoms in total. The number of likely N-dealkylation sites (N-methyl/N-ethyl adjacent to an activating group) is 1. The summed E-state index contributed by atoms with van der Waals surface area (Å²) in [7, 11) is 5.02. The SMILES string of the molecule is COc1cc(Cl)ccc1C(C(=O)N(C)C)c1ccc(Cl)cc1. The van der Waals surface area contributed by atoms with Crippen molar-refractivity contribution in [1.82, 2.24) is 4.90 Å². The number of methoxy groups -OCH3 is 1. The number of nitrogens with zero attached hydrogens (tertiary/aromatic N) is 1. The third-order valence-electron chi connectivity index (χ3n) is 3.40. The molecule has 0 N–H and O–H groups in total. The molecule has 116 valence electrons. The zero-order chi connectivity index (χ0) is 16.3. The standard InChI is InChI=1S/C17H17Cl2NO2/c1-20(2)17(21)16(11-4-6-12(18)7-5-11)14-9-8-13(19)10-15(14)22-3/h4-10,16H,1-3H3. The topological polar surface area (TPSA) is 29.5 Å². The van der Waals surface area contributed by atoms with Gasteiger partial charge in [0.25, 0.3) is 0 Å². The highest BCUT2D eigenvalue weighted by molar-refractivity contribution is 6.31. The summed E-state index contributed by atoms with van der Waals surface area (Å²) in [5.74, 6) is 0.0741. The number of hydrogen-bond donors (Lipinski definition) is 0. The predicted octanol–water partition coefficient (Wildman–Crippen LogP) is 4.22. The molecule has 1 unspecified atom stereocenters. The molecule has 0 fully saturated rings. The highest BCUT2D eigenvalue weighted by Gasteiger charge is 2.27. The van der Waals surface area contributed by atoms with Crippen LogP contribution in [0.15, 0.2) is 42.5 Å². The summed E-state index contributed by atoms with van der Waals surface area (Å²) in [6.45, 7) is 0. The van der Waals surface area contributed by atoms with Crippen molar-refractivity contribution >= 4 is 29.1 Å². The quantitative estimate of drug-likeness (QED) is 0.835. The van der Waals surface area contributed by atoms with E-state index in [1.165, 1.54) is 0 Å². The van der Waals surface area contributed by atoms with Crippen LogP contribution in [0, 0.1) is 0 Å². The minimum atomic E-state index is -0.473. The number of carbonyl (C=O) groups is 1. The van der Waals surface area contributed by atoms with Crippen LogP contribution >= 0.6 is 23.2 Å². The van der Waals surface area contributed by atoms with E-state index < -0.39 is 5.92 Å². The Kier molecular flexibility index (Phi) is 5.33. The Morgan fingerprint density at radius 3 is 2.18 bits per heavy atom. The lowest BCUT2D eigenvalue weighted by Gasteiger charge is -2.23. The van der Waals surface area contributed by atoms with Crippen molar-refractivity contribution in [3.8, 4) is 5.75 Å². The first kappa shape index (κ1) is 16.7. The van der Waals surface area contributed by atoms with Gasteiger partial charge in [0.2, 0.25) is 5.91 Å². The van der Waals surface area contributed by atoms with Crippen LogP contribution < -0.4 is 4.74 Å². The summed E-state index contributed by atoms with van der Waals surface area (Å²) >= 11 is 12.0. The van der Waals surface area contributed by atoms with Crippen LogP contribution in [0.3, 0.4) is 0 Å². The van der Waals surface area contributed by atoms with Crippen LogP contribution in [-0.2, 0) is 4.79 Å². The fourth-order valence-corrected chi connectivity index (χ4v) is 2.58. The Balaban J connectivity index is 2.58. The number of ether oxygens (including phenoxy) is 1. The monoisotopic (exact) mass is 337 g/mol. The number of carbonyl (C=O) groups excluding carboxylic acids is 1. The molecule has 0 saturated carbocycles. The Morgan fingerprint density at radius 2 is 1.64 bits per heavy atom. The van der Waals surface area contributed by atoms with Gasteiger partial charge in [-0.25, -0.2) is 0 Å². The molecule has 0 bridgehead atoms. The van der Waals surface area contributed by atoms with Crippen molar-refractivity contribution in [1.29, 1.82) is 0 Å². The Bertz CT molecular complexity index is 669. The average Bonchev–Trinajstić information content (AvgIpc) is 2.50. The van der Waals surface area contributed by atoms with Crippen molar-refractivity contribution in [2.45, 2.75) is 5.92 Å². The molecule has 5 heteroatoms. The fourth-order valence-electron chi connectivity index (χ4n) is 2.29. The van der Waals surface area contributed by atoms with Crippen LogP contribution in [0.5, 0.6) is 5.75 Å². The first-order valence-corrected chi connectivity index (χ1v) is 7.49. The maximum absolute atomic E-state index is 12.7. The second-order valence-corrected chi connectivity index (χ2v) is 5.98. The average molecular weight is 338 g/mol. The molecule has 0 aromatic heterocycles. The number of rotatable bonds is 4. The Morgan fingerprint density at radius 1 is 1.05 bits per heavy atom. The summed E-state index contributed by atoms with van der Waals surface area (Å²) in [6, 6.07) is 12.5. The third kappa shape index (κ3) is 3.54. The maximum Gasteiger partial charge on any atom is 0.234 e. The molecular formula is C17H17Cl2NO2. The molecule has 2 aromatic carbocycles. The van der Waals surface area contributed by atoms with E-state index in [1.807, 2.05) is 18.2 Å². The molecule has 0 saturated heterocycles. The number of hydrogen-bond acceptors (Lipinski definition) is 2. The number of halogens is 2.